The van der Waals surface area contributed by atoms with Gasteiger partial charge < -0.3 is 23.8 Å². The quantitative estimate of drug-likeness (QED) is 0.0234. The highest BCUT2D eigenvalue weighted by molar-refractivity contribution is 5.72. The van der Waals surface area contributed by atoms with Crippen LogP contribution in [0.3, 0.4) is 0 Å². The molecule has 0 aliphatic heterocycles. The first-order valence-electron chi connectivity index (χ1n) is 19.7. The molecule has 0 amide bonds. The number of quaternary nitrogens is 1. The van der Waals surface area contributed by atoms with Gasteiger partial charge in [-0.3, -0.25) is 9.59 Å². The van der Waals surface area contributed by atoms with Gasteiger partial charge in [-0.05, 0) is 51.4 Å². The number of carbonyl (C=O) groups is 3. The third kappa shape index (κ3) is 31.3. The van der Waals surface area contributed by atoms with E-state index in [2.05, 4.69) is 50.3 Å². The van der Waals surface area contributed by atoms with Gasteiger partial charge in [-0.15, -0.1) is 0 Å². The lowest BCUT2D eigenvalue weighted by Crippen LogP contribution is -2.50. The second-order valence-corrected chi connectivity index (χ2v) is 14.2. The second-order valence-electron chi connectivity index (χ2n) is 14.2. The van der Waals surface area contributed by atoms with Crippen molar-refractivity contribution in [2.75, 3.05) is 41.0 Å². The molecule has 0 aliphatic carbocycles. The summed E-state index contributed by atoms with van der Waals surface area (Å²) in [6.07, 6.45) is 37.7. The number of ether oxygens (including phenoxy) is 3. The van der Waals surface area contributed by atoms with Crippen molar-refractivity contribution in [3.63, 3.8) is 0 Å². The van der Waals surface area contributed by atoms with E-state index < -0.39 is 18.1 Å². The van der Waals surface area contributed by atoms with Gasteiger partial charge >= 0.3 is 17.9 Å². The number of carboxylic acid groups (broad SMARTS) is 1. The molecule has 0 heterocycles. The minimum atomic E-state index is -0.887. The van der Waals surface area contributed by atoms with Gasteiger partial charge in [0.15, 0.2) is 12.1 Å². The van der Waals surface area contributed by atoms with Crippen LogP contribution in [0.5, 0.6) is 0 Å². The first-order valence-corrected chi connectivity index (χ1v) is 19.7. The molecule has 0 saturated heterocycles. The monoisotopic (exact) mass is 705 g/mol. The third-order valence-electron chi connectivity index (χ3n) is 8.50. The summed E-state index contributed by atoms with van der Waals surface area (Å²) in [4.78, 5) is 36.6. The fourth-order valence-corrected chi connectivity index (χ4v) is 5.44. The molecule has 50 heavy (non-hydrogen) atoms. The molecule has 0 spiro atoms. The predicted molar refractivity (Wildman–Crippen MR) is 206 cm³/mol. The van der Waals surface area contributed by atoms with Crippen LogP contribution in [0.4, 0.5) is 0 Å². The standard InChI is InChI=1S/C42H73NO7/c1-6-8-10-12-14-15-16-17-18-19-20-21-22-23-24-25-27-28-30-32-40(44)49-37-38(36-48-35-34-39(42(46)47)43(3,4)5)50-41(45)33-31-29-26-13-11-9-7-2/h9,11,14-17,26,29,38-39H,6-8,10,12-13,18-25,27-28,30-37H2,1-5H3/p+1/b11-9+,15-14+,17-16+,29-26+. The maximum Gasteiger partial charge on any atom is 0.362 e. The van der Waals surface area contributed by atoms with E-state index in [1.165, 1.54) is 77.0 Å². The Bertz CT molecular complexity index is 964. The molecule has 0 aromatic rings. The number of allylic oxidation sites excluding steroid dienone is 8. The number of rotatable bonds is 34. The van der Waals surface area contributed by atoms with Crippen molar-refractivity contribution in [3.05, 3.63) is 48.6 Å². The summed E-state index contributed by atoms with van der Waals surface area (Å²) in [5.74, 6) is -1.57. The Kier molecular flexibility index (Phi) is 31.6. The number of unbranched alkanes of at least 4 members (excludes halogenated alkanes) is 13. The van der Waals surface area contributed by atoms with E-state index in [1.54, 1.807) is 0 Å². The second kappa shape index (κ2) is 33.4. The molecule has 0 radical (unpaired) electrons. The minimum Gasteiger partial charge on any atom is -0.477 e. The van der Waals surface area contributed by atoms with Gasteiger partial charge in [-0.25, -0.2) is 4.79 Å². The summed E-state index contributed by atoms with van der Waals surface area (Å²) < 4.78 is 17.1. The highest BCUT2D eigenvalue weighted by Crippen LogP contribution is 2.13. The van der Waals surface area contributed by atoms with Crippen LogP contribution in [0, 0.1) is 0 Å². The Hall–Kier alpha value is -2.71. The van der Waals surface area contributed by atoms with Crippen LogP contribution in [-0.2, 0) is 28.6 Å². The van der Waals surface area contributed by atoms with Gasteiger partial charge in [0.2, 0.25) is 0 Å². The van der Waals surface area contributed by atoms with Gasteiger partial charge in [0.25, 0.3) is 0 Å². The molecule has 8 heteroatoms. The van der Waals surface area contributed by atoms with Crippen LogP contribution in [0.15, 0.2) is 48.6 Å². The van der Waals surface area contributed by atoms with Crippen LogP contribution in [0.25, 0.3) is 0 Å². The summed E-state index contributed by atoms with van der Waals surface area (Å²) in [7, 11) is 5.49. The average molecular weight is 705 g/mol. The number of hydrogen-bond acceptors (Lipinski definition) is 6. The molecule has 0 aromatic heterocycles. The molecule has 0 fully saturated rings. The van der Waals surface area contributed by atoms with E-state index in [-0.39, 0.29) is 42.7 Å². The zero-order valence-electron chi connectivity index (χ0n) is 32.6. The number of hydrogen-bond donors (Lipinski definition) is 1. The first kappa shape index (κ1) is 47.3. The fraction of sp³-hybridized carbons (Fsp3) is 0.738. The molecule has 288 valence electrons. The Labute approximate surface area is 306 Å². The van der Waals surface area contributed by atoms with Crippen molar-refractivity contribution in [2.45, 2.75) is 161 Å². The fourth-order valence-electron chi connectivity index (χ4n) is 5.44. The molecule has 8 nitrogen and oxygen atoms in total. The maximum atomic E-state index is 12.5. The number of carbonyl (C=O) groups excluding carboxylic acids is 2. The number of likely N-dealkylation sites (N-methyl/N-ethyl adjacent to an activating group) is 1. The highest BCUT2D eigenvalue weighted by Gasteiger charge is 2.31. The van der Waals surface area contributed by atoms with Crippen LogP contribution in [-0.4, -0.2) is 80.6 Å². The molecule has 0 rings (SSSR count). The lowest BCUT2D eigenvalue weighted by Gasteiger charge is -2.31. The zero-order valence-corrected chi connectivity index (χ0v) is 32.6. The van der Waals surface area contributed by atoms with Crippen molar-refractivity contribution in [1.29, 1.82) is 0 Å². The Morgan fingerprint density at radius 1 is 0.640 bits per heavy atom. The molecule has 0 aromatic carbocycles. The molecule has 2 atom stereocenters. The smallest absolute Gasteiger partial charge is 0.362 e. The maximum absolute atomic E-state index is 12.5. The largest absolute Gasteiger partial charge is 0.477 e. The number of aliphatic carboxylic acids is 1. The van der Waals surface area contributed by atoms with E-state index in [9.17, 15) is 19.5 Å². The van der Waals surface area contributed by atoms with Crippen LogP contribution in [0.2, 0.25) is 0 Å². The van der Waals surface area contributed by atoms with Crippen LogP contribution < -0.4 is 0 Å². The summed E-state index contributed by atoms with van der Waals surface area (Å²) in [6, 6.07) is -0.622. The van der Waals surface area contributed by atoms with Crippen molar-refractivity contribution in [3.8, 4) is 0 Å². The normalized spacial score (nSPS) is 13.5. The topological polar surface area (TPSA) is 99.1 Å². The Morgan fingerprint density at radius 2 is 1.22 bits per heavy atom. The van der Waals surface area contributed by atoms with Gasteiger partial charge in [0.1, 0.15) is 6.61 Å². The van der Waals surface area contributed by atoms with Gasteiger partial charge in [0, 0.05) is 19.3 Å². The molecular weight excluding hydrogens is 630 g/mol. The van der Waals surface area contributed by atoms with Crippen molar-refractivity contribution in [2.24, 2.45) is 0 Å². The van der Waals surface area contributed by atoms with Crippen molar-refractivity contribution < 1.29 is 38.2 Å². The third-order valence-corrected chi connectivity index (χ3v) is 8.50. The molecule has 1 N–H and O–H groups in total. The highest BCUT2D eigenvalue weighted by atomic mass is 16.6. The Morgan fingerprint density at radius 3 is 1.80 bits per heavy atom. The molecular formula is C42H74NO7+. The van der Waals surface area contributed by atoms with Crippen molar-refractivity contribution in [1.82, 2.24) is 0 Å². The predicted octanol–water partition coefficient (Wildman–Crippen LogP) is 10.1. The van der Waals surface area contributed by atoms with Crippen molar-refractivity contribution >= 4 is 17.9 Å². The number of esters is 2. The van der Waals surface area contributed by atoms with E-state index >= 15 is 0 Å². The minimum absolute atomic E-state index is 0.0358. The van der Waals surface area contributed by atoms with Gasteiger partial charge in [-0.2, -0.15) is 0 Å². The lowest BCUT2D eigenvalue weighted by molar-refractivity contribution is -0.887. The van der Waals surface area contributed by atoms with Crippen LogP contribution >= 0.6 is 0 Å². The Balaban J connectivity index is 4.26. The van der Waals surface area contributed by atoms with E-state index in [4.69, 9.17) is 14.2 Å². The molecule has 2 unspecified atom stereocenters. The average Bonchev–Trinajstić information content (AvgIpc) is 3.06. The van der Waals surface area contributed by atoms with Gasteiger partial charge in [-0.1, -0.05) is 127 Å². The summed E-state index contributed by atoms with van der Waals surface area (Å²) in [5, 5.41) is 9.56. The van der Waals surface area contributed by atoms with E-state index in [0.717, 1.165) is 32.1 Å². The summed E-state index contributed by atoms with van der Waals surface area (Å²) >= 11 is 0. The lowest BCUT2D eigenvalue weighted by atomic mass is 10.1. The molecule has 0 aliphatic rings. The molecule has 0 bridgehead atoms. The summed E-state index contributed by atoms with van der Waals surface area (Å²) in [5.41, 5.74) is 0. The number of carboxylic acids is 1. The summed E-state index contributed by atoms with van der Waals surface area (Å²) in [6.45, 7) is 4.47. The SMILES string of the molecule is CC/C=C/C/C=C/CCC(=O)OC(COCCC(C(=O)O)[N+](C)(C)C)COC(=O)CCCCCCCCCCCC/C=C/C=C/CCCCC. The first-order chi connectivity index (χ1) is 24.1. The van der Waals surface area contributed by atoms with Gasteiger partial charge in [0.05, 0.1) is 34.4 Å². The molecule has 0 saturated carbocycles. The van der Waals surface area contributed by atoms with E-state index in [1.807, 2.05) is 33.3 Å². The van der Waals surface area contributed by atoms with Crippen LogP contribution in [0.1, 0.15) is 149 Å². The van der Waals surface area contributed by atoms with E-state index in [0.29, 0.717) is 19.3 Å². The zero-order chi connectivity index (χ0) is 37.1. The number of nitrogens with zero attached hydrogens (tertiary/aromatic N) is 1.